The molecule has 0 amide bonds. The number of Topliss-reactive ketones (excluding diaryl/α,β-unsaturated/α-hetero) is 1. The predicted octanol–water partition coefficient (Wildman–Crippen LogP) is 3.12. The summed E-state index contributed by atoms with van der Waals surface area (Å²) in [7, 11) is 3.23. The third kappa shape index (κ3) is 4.41. The summed E-state index contributed by atoms with van der Waals surface area (Å²) in [6.45, 7) is 9.43. The minimum absolute atomic E-state index is 0.0835. The number of hydrogen-bond acceptors (Lipinski definition) is 6. The fourth-order valence-corrected chi connectivity index (χ4v) is 4.70. The lowest BCUT2D eigenvalue weighted by Crippen LogP contribution is -2.52. The molecule has 1 atom stereocenters. The Labute approximate surface area is 184 Å². The van der Waals surface area contributed by atoms with Crippen LogP contribution in [0.5, 0.6) is 17.2 Å². The molecule has 0 N–H and O–H groups in total. The molecule has 0 radical (unpaired) electrons. The van der Waals surface area contributed by atoms with Crippen molar-refractivity contribution < 1.29 is 19.0 Å². The van der Waals surface area contributed by atoms with Crippen molar-refractivity contribution in [3.63, 3.8) is 0 Å². The molecule has 1 aliphatic carbocycles. The van der Waals surface area contributed by atoms with Crippen molar-refractivity contribution in [3.05, 3.63) is 52.6 Å². The van der Waals surface area contributed by atoms with Gasteiger partial charge in [-0.2, -0.15) is 0 Å². The van der Waals surface area contributed by atoms with E-state index >= 15 is 0 Å². The van der Waals surface area contributed by atoms with Gasteiger partial charge in [0.1, 0.15) is 12.4 Å². The molecular weight excluding hydrogens is 392 g/mol. The Kier molecular flexibility index (Phi) is 6.49. The lowest BCUT2D eigenvalue weighted by Gasteiger charge is -2.37. The molecule has 6 heteroatoms. The van der Waals surface area contributed by atoms with E-state index < -0.39 is 0 Å². The quantitative estimate of drug-likeness (QED) is 0.681. The van der Waals surface area contributed by atoms with Crippen molar-refractivity contribution >= 4 is 5.78 Å². The van der Waals surface area contributed by atoms with Crippen LogP contribution in [0.2, 0.25) is 0 Å². The van der Waals surface area contributed by atoms with E-state index in [2.05, 4.69) is 41.8 Å². The molecule has 1 saturated heterocycles. The summed E-state index contributed by atoms with van der Waals surface area (Å²) in [4.78, 5) is 17.8. The SMILES string of the molecule is COc1cc2c(cc1OC)C(=O)C(N1CCN(CCOc3c(C)cccc3C)CC1)C2. The van der Waals surface area contributed by atoms with Crippen LogP contribution < -0.4 is 14.2 Å². The lowest BCUT2D eigenvalue weighted by atomic mass is 10.1. The van der Waals surface area contributed by atoms with E-state index in [0.29, 0.717) is 18.1 Å². The highest BCUT2D eigenvalue weighted by Gasteiger charge is 2.37. The highest BCUT2D eigenvalue weighted by atomic mass is 16.5. The fourth-order valence-electron chi connectivity index (χ4n) is 4.70. The van der Waals surface area contributed by atoms with E-state index in [0.717, 1.165) is 56.0 Å². The Hall–Kier alpha value is -2.57. The number of carbonyl (C=O) groups excluding carboxylic acids is 1. The molecule has 2 aliphatic rings. The number of benzene rings is 2. The molecule has 0 spiro atoms. The first-order valence-electron chi connectivity index (χ1n) is 11.0. The van der Waals surface area contributed by atoms with Crippen LogP contribution in [0, 0.1) is 13.8 Å². The van der Waals surface area contributed by atoms with E-state index in [-0.39, 0.29) is 11.8 Å². The Bertz CT molecular complexity index is 931. The summed E-state index contributed by atoms with van der Waals surface area (Å²) >= 11 is 0. The Morgan fingerprint density at radius 2 is 1.61 bits per heavy atom. The number of hydrogen-bond donors (Lipinski definition) is 0. The molecule has 1 fully saturated rings. The average Bonchev–Trinajstić information content (AvgIpc) is 3.10. The number of para-hydroxylation sites is 1. The minimum Gasteiger partial charge on any atom is -0.493 e. The van der Waals surface area contributed by atoms with Crippen molar-refractivity contribution in [2.45, 2.75) is 26.3 Å². The van der Waals surface area contributed by atoms with Crippen molar-refractivity contribution in [3.8, 4) is 17.2 Å². The lowest BCUT2D eigenvalue weighted by molar-refractivity contribution is 0.0666. The van der Waals surface area contributed by atoms with Crippen LogP contribution in [0.3, 0.4) is 0 Å². The van der Waals surface area contributed by atoms with E-state index in [9.17, 15) is 4.79 Å². The molecule has 1 heterocycles. The number of ketones is 1. The number of piperazine rings is 1. The van der Waals surface area contributed by atoms with Gasteiger partial charge >= 0.3 is 0 Å². The van der Waals surface area contributed by atoms with Gasteiger partial charge in [-0.05, 0) is 49.1 Å². The van der Waals surface area contributed by atoms with Gasteiger partial charge in [0.15, 0.2) is 17.3 Å². The number of fused-ring (bicyclic) bond motifs is 1. The van der Waals surface area contributed by atoms with Crippen LogP contribution in [0.1, 0.15) is 27.0 Å². The van der Waals surface area contributed by atoms with E-state index in [4.69, 9.17) is 14.2 Å². The summed E-state index contributed by atoms with van der Waals surface area (Å²) in [5, 5.41) is 0. The normalized spacial score (nSPS) is 19.4. The molecule has 31 heavy (non-hydrogen) atoms. The molecule has 4 rings (SSSR count). The summed E-state index contributed by atoms with van der Waals surface area (Å²) in [5.41, 5.74) is 4.18. The largest absolute Gasteiger partial charge is 0.493 e. The van der Waals surface area contributed by atoms with Crippen LogP contribution in [-0.4, -0.2) is 75.2 Å². The van der Waals surface area contributed by atoms with Gasteiger partial charge in [-0.1, -0.05) is 18.2 Å². The maximum Gasteiger partial charge on any atom is 0.180 e. The number of rotatable bonds is 7. The zero-order valence-electron chi connectivity index (χ0n) is 18.9. The van der Waals surface area contributed by atoms with Crippen molar-refractivity contribution in [1.82, 2.24) is 9.80 Å². The zero-order valence-corrected chi connectivity index (χ0v) is 18.9. The van der Waals surface area contributed by atoms with Crippen LogP contribution in [0.4, 0.5) is 0 Å². The Morgan fingerprint density at radius 3 is 2.26 bits per heavy atom. The van der Waals surface area contributed by atoms with Crippen LogP contribution in [-0.2, 0) is 6.42 Å². The summed E-state index contributed by atoms with van der Waals surface area (Å²) in [6.07, 6.45) is 0.740. The fraction of sp³-hybridized carbons (Fsp3) is 0.480. The standard InChI is InChI=1S/C25H32N2O4/c1-17-6-5-7-18(2)25(17)31-13-12-26-8-10-27(11-9-26)21-14-19-15-22(29-3)23(30-4)16-20(19)24(21)28/h5-7,15-16,21H,8-14H2,1-4H3. The van der Waals surface area contributed by atoms with Gasteiger partial charge in [-0.25, -0.2) is 0 Å². The highest BCUT2D eigenvalue weighted by Crippen LogP contribution is 2.36. The number of methoxy groups -OCH3 is 2. The van der Waals surface area contributed by atoms with E-state index in [1.807, 2.05) is 12.1 Å². The minimum atomic E-state index is -0.0835. The number of carbonyl (C=O) groups is 1. The molecule has 2 aromatic carbocycles. The monoisotopic (exact) mass is 424 g/mol. The van der Waals surface area contributed by atoms with Gasteiger partial charge in [-0.15, -0.1) is 0 Å². The van der Waals surface area contributed by atoms with Gasteiger partial charge in [0.05, 0.1) is 20.3 Å². The van der Waals surface area contributed by atoms with E-state index in [1.165, 1.54) is 11.1 Å². The number of ether oxygens (including phenoxy) is 3. The van der Waals surface area contributed by atoms with Gasteiger partial charge in [0.25, 0.3) is 0 Å². The number of nitrogens with zero attached hydrogens (tertiary/aromatic N) is 2. The highest BCUT2D eigenvalue weighted by molar-refractivity contribution is 6.05. The summed E-state index contributed by atoms with van der Waals surface area (Å²) < 4.78 is 16.9. The molecular formula is C25H32N2O4. The van der Waals surface area contributed by atoms with Crippen LogP contribution in [0.25, 0.3) is 0 Å². The summed E-state index contributed by atoms with van der Waals surface area (Å²) in [6, 6.07) is 9.93. The molecule has 0 saturated carbocycles. The zero-order chi connectivity index (χ0) is 22.0. The molecule has 0 bridgehead atoms. The third-order valence-electron chi connectivity index (χ3n) is 6.50. The van der Waals surface area contributed by atoms with Gasteiger partial charge < -0.3 is 14.2 Å². The van der Waals surface area contributed by atoms with Gasteiger partial charge in [0.2, 0.25) is 0 Å². The van der Waals surface area contributed by atoms with Crippen LogP contribution in [0.15, 0.2) is 30.3 Å². The average molecular weight is 425 g/mol. The van der Waals surface area contributed by atoms with Crippen molar-refractivity contribution in [2.75, 3.05) is 53.6 Å². The first kappa shape index (κ1) is 21.7. The molecule has 0 aromatic heterocycles. The van der Waals surface area contributed by atoms with Crippen molar-refractivity contribution in [2.24, 2.45) is 0 Å². The first-order chi connectivity index (χ1) is 15.0. The number of aryl methyl sites for hydroxylation is 2. The topological polar surface area (TPSA) is 51.2 Å². The molecule has 6 nitrogen and oxygen atoms in total. The summed E-state index contributed by atoms with van der Waals surface area (Å²) in [5.74, 6) is 2.50. The second-order valence-corrected chi connectivity index (χ2v) is 8.40. The Balaban J connectivity index is 1.30. The smallest absolute Gasteiger partial charge is 0.180 e. The Morgan fingerprint density at radius 1 is 0.968 bits per heavy atom. The predicted molar refractivity (Wildman–Crippen MR) is 121 cm³/mol. The molecule has 1 aliphatic heterocycles. The third-order valence-corrected chi connectivity index (χ3v) is 6.50. The maximum atomic E-state index is 13.1. The first-order valence-corrected chi connectivity index (χ1v) is 11.0. The van der Waals surface area contributed by atoms with Gasteiger partial charge in [-0.3, -0.25) is 14.6 Å². The molecule has 1 unspecified atom stereocenters. The second-order valence-electron chi connectivity index (χ2n) is 8.40. The molecule has 166 valence electrons. The molecule has 2 aromatic rings. The second kappa shape index (κ2) is 9.28. The van der Waals surface area contributed by atoms with E-state index in [1.54, 1.807) is 14.2 Å². The van der Waals surface area contributed by atoms with Crippen molar-refractivity contribution in [1.29, 1.82) is 0 Å². The van der Waals surface area contributed by atoms with Gasteiger partial charge in [0, 0.05) is 38.3 Å². The maximum absolute atomic E-state index is 13.1. The van der Waals surface area contributed by atoms with Crippen LogP contribution >= 0.6 is 0 Å².